The zero-order valence-electron chi connectivity index (χ0n) is 14.4. The highest BCUT2D eigenvalue weighted by Gasteiger charge is 2.23. The number of benzene rings is 1. The maximum absolute atomic E-state index is 12.9. The van der Waals surface area contributed by atoms with Crippen molar-refractivity contribution in [3.63, 3.8) is 0 Å². The lowest BCUT2D eigenvalue weighted by molar-refractivity contribution is 0.0295. The lowest BCUT2D eigenvalue weighted by atomic mass is 10.1. The highest BCUT2D eigenvalue weighted by atomic mass is 16.5. The smallest absolute Gasteiger partial charge is 0.291 e. The van der Waals surface area contributed by atoms with Crippen molar-refractivity contribution in [2.45, 2.75) is 13.3 Å². The normalized spacial score (nSPS) is 14.7. The van der Waals surface area contributed by atoms with Crippen LogP contribution in [0.15, 0.2) is 35.1 Å². The molecule has 3 aromatic rings. The second kappa shape index (κ2) is 6.72. The van der Waals surface area contributed by atoms with Crippen LogP contribution in [-0.2, 0) is 11.2 Å². The first-order valence-electron chi connectivity index (χ1n) is 8.52. The average molecular weight is 353 g/mol. The Hall–Kier alpha value is -3.00. The molecule has 2 aromatic heterocycles. The van der Waals surface area contributed by atoms with Gasteiger partial charge < -0.3 is 9.64 Å². The van der Waals surface area contributed by atoms with Gasteiger partial charge >= 0.3 is 0 Å². The number of aromatic amines is 1. The summed E-state index contributed by atoms with van der Waals surface area (Å²) < 4.78 is 6.51. The molecule has 0 aliphatic carbocycles. The molecule has 0 radical (unpaired) electrons. The monoisotopic (exact) mass is 353 g/mol. The third kappa shape index (κ3) is 2.99. The van der Waals surface area contributed by atoms with Crippen LogP contribution in [0.1, 0.15) is 27.4 Å². The molecule has 1 aliphatic rings. The zero-order chi connectivity index (χ0) is 18.1. The van der Waals surface area contributed by atoms with E-state index in [1.165, 1.54) is 4.52 Å². The number of morpholine rings is 1. The Balaban J connectivity index is 1.71. The first-order chi connectivity index (χ1) is 12.6. The van der Waals surface area contributed by atoms with E-state index in [0.29, 0.717) is 44.0 Å². The molecule has 1 saturated heterocycles. The summed E-state index contributed by atoms with van der Waals surface area (Å²) in [6, 6.07) is 9.73. The van der Waals surface area contributed by atoms with Crippen LogP contribution >= 0.6 is 0 Å². The van der Waals surface area contributed by atoms with E-state index in [-0.39, 0.29) is 23.1 Å². The van der Waals surface area contributed by atoms with Crippen molar-refractivity contribution in [3.8, 4) is 0 Å². The predicted octanol–water partition coefficient (Wildman–Crippen LogP) is 0.789. The number of rotatable bonds is 3. The van der Waals surface area contributed by atoms with Crippen molar-refractivity contribution in [1.29, 1.82) is 0 Å². The summed E-state index contributed by atoms with van der Waals surface area (Å²) in [4.78, 5) is 35.7. The maximum Gasteiger partial charge on any atom is 0.291 e. The highest BCUT2D eigenvalue weighted by molar-refractivity contribution is 5.90. The Morgan fingerprint density at radius 3 is 2.65 bits per heavy atom. The number of carbonyl (C=O) groups excluding carboxylic acids is 1. The molecule has 0 bridgehead atoms. The molecule has 1 fully saturated rings. The Morgan fingerprint density at radius 2 is 1.92 bits per heavy atom. The van der Waals surface area contributed by atoms with Gasteiger partial charge in [-0.1, -0.05) is 30.3 Å². The van der Waals surface area contributed by atoms with Gasteiger partial charge in [-0.3, -0.25) is 14.7 Å². The SMILES string of the molecule is Cc1nc2nc(C(=O)N3CCOCC3)[nH]n2c(=O)c1Cc1ccccc1. The molecule has 0 saturated carbocycles. The number of aromatic nitrogens is 4. The number of ether oxygens (including phenoxy) is 1. The van der Waals surface area contributed by atoms with Crippen LogP contribution in [0.5, 0.6) is 0 Å². The summed E-state index contributed by atoms with van der Waals surface area (Å²) in [5, 5.41) is 2.81. The Morgan fingerprint density at radius 1 is 1.19 bits per heavy atom. The number of amides is 1. The van der Waals surface area contributed by atoms with Crippen LogP contribution < -0.4 is 5.56 Å². The lowest BCUT2D eigenvalue weighted by Crippen LogP contribution is -2.41. The summed E-state index contributed by atoms with van der Waals surface area (Å²) in [5.41, 5.74) is 2.00. The van der Waals surface area contributed by atoms with Crippen LogP contribution in [0, 0.1) is 6.92 Å². The first kappa shape index (κ1) is 16.5. The topological polar surface area (TPSA) is 92.6 Å². The van der Waals surface area contributed by atoms with Gasteiger partial charge in [-0.15, -0.1) is 0 Å². The molecule has 4 rings (SSSR count). The molecule has 8 heteroatoms. The van der Waals surface area contributed by atoms with Crippen molar-refractivity contribution in [3.05, 3.63) is 63.3 Å². The van der Waals surface area contributed by atoms with Crippen molar-refractivity contribution in [2.75, 3.05) is 26.3 Å². The molecule has 8 nitrogen and oxygen atoms in total. The number of fused-ring (bicyclic) bond motifs is 1. The van der Waals surface area contributed by atoms with E-state index in [9.17, 15) is 9.59 Å². The average Bonchev–Trinajstić information content (AvgIpc) is 3.10. The standard InChI is InChI=1S/C18H19N5O3/c1-12-14(11-13-5-3-2-4-6-13)16(24)23-18(19-12)20-15(21-23)17(25)22-7-9-26-10-8-22/h2-6H,7-11H2,1H3,(H,19,20,21). The van der Waals surface area contributed by atoms with Gasteiger partial charge in [0.05, 0.1) is 18.9 Å². The summed E-state index contributed by atoms with van der Waals surface area (Å²) in [6.07, 6.45) is 0.479. The Kier molecular flexibility index (Phi) is 4.26. The zero-order valence-corrected chi connectivity index (χ0v) is 14.4. The van der Waals surface area contributed by atoms with Gasteiger partial charge in [0, 0.05) is 25.1 Å². The van der Waals surface area contributed by atoms with Crippen LogP contribution in [-0.4, -0.2) is 56.7 Å². The fraction of sp³-hybridized carbons (Fsp3) is 0.333. The maximum atomic E-state index is 12.9. The molecule has 134 valence electrons. The van der Waals surface area contributed by atoms with Crippen molar-refractivity contribution in [1.82, 2.24) is 24.5 Å². The van der Waals surface area contributed by atoms with Gasteiger partial charge in [0.15, 0.2) is 0 Å². The van der Waals surface area contributed by atoms with Crippen molar-refractivity contribution < 1.29 is 9.53 Å². The Bertz CT molecular complexity index is 1000. The molecular formula is C18H19N5O3. The minimum atomic E-state index is -0.250. The highest BCUT2D eigenvalue weighted by Crippen LogP contribution is 2.10. The van der Waals surface area contributed by atoms with Gasteiger partial charge in [0.25, 0.3) is 17.2 Å². The second-order valence-electron chi connectivity index (χ2n) is 6.26. The van der Waals surface area contributed by atoms with E-state index in [1.807, 2.05) is 30.3 Å². The van der Waals surface area contributed by atoms with Gasteiger partial charge in [0.1, 0.15) is 0 Å². The van der Waals surface area contributed by atoms with Gasteiger partial charge in [-0.05, 0) is 12.5 Å². The van der Waals surface area contributed by atoms with E-state index < -0.39 is 0 Å². The minimum Gasteiger partial charge on any atom is -0.378 e. The first-order valence-corrected chi connectivity index (χ1v) is 8.52. The second-order valence-corrected chi connectivity index (χ2v) is 6.26. The molecule has 1 N–H and O–H groups in total. The number of hydrogen-bond acceptors (Lipinski definition) is 5. The summed E-state index contributed by atoms with van der Waals surface area (Å²) in [7, 11) is 0. The van der Waals surface area contributed by atoms with Crippen LogP contribution in [0.3, 0.4) is 0 Å². The number of nitrogens with zero attached hydrogens (tertiary/aromatic N) is 4. The van der Waals surface area contributed by atoms with E-state index in [1.54, 1.807) is 11.8 Å². The number of carbonyl (C=O) groups is 1. The van der Waals surface area contributed by atoms with Crippen LogP contribution in [0.4, 0.5) is 0 Å². The number of hydrogen-bond donors (Lipinski definition) is 1. The quantitative estimate of drug-likeness (QED) is 0.751. The summed E-state index contributed by atoms with van der Waals surface area (Å²) in [6.45, 7) is 3.82. The number of aryl methyl sites for hydroxylation is 1. The van der Waals surface area contributed by atoms with E-state index in [2.05, 4.69) is 15.1 Å². The molecule has 0 unspecified atom stereocenters. The van der Waals surface area contributed by atoms with E-state index in [4.69, 9.17) is 4.74 Å². The van der Waals surface area contributed by atoms with Crippen molar-refractivity contribution >= 4 is 11.7 Å². The molecule has 1 aromatic carbocycles. The molecule has 0 atom stereocenters. The van der Waals surface area contributed by atoms with E-state index in [0.717, 1.165) is 5.56 Å². The molecule has 3 heterocycles. The van der Waals surface area contributed by atoms with E-state index >= 15 is 0 Å². The Labute approximate surface area is 149 Å². The van der Waals surface area contributed by atoms with Gasteiger partial charge in [-0.25, -0.2) is 4.98 Å². The summed E-state index contributed by atoms with van der Waals surface area (Å²) >= 11 is 0. The molecule has 1 amide bonds. The molecule has 0 spiro atoms. The number of nitrogens with one attached hydrogen (secondary N) is 1. The largest absolute Gasteiger partial charge is 0.378 e. The fourth-order valence-corrected chi connectivity index (χ4v) is 3.07. The van der Waals surface area contributed by atoms with Crippen LogP contribution in [0.25, 0.3) is 5.78 Å². The molecule has 1 aliphatic heterocycles. The fourth-order valence-electron chi connectivity index (χ4n) is 3.07. The van der Waals surface area contributed by atoms with Crippen molar-refractivity contribution in [2.24, 2.45) is 0 Å². The predicted molar refractivity (Wildman–Crippen MR) is 94.3 cm³/mol. The van der Waals surface area contributed by atoms with Crippen LogP contribution in [0.2, 0.25) is 0 Å². The third-order valence-electron chi connectivity index (χ3n) is 4.52. The van der Waals surface area contributed by atoms with Gasteiger partial charge in [-0.2, -0.15) is 9.50 Å². The lowest BCUT2D eigenvalue weighted by Gasteiger charge is -2.25. The third-order valence-corrected chi connectivity index (χ3v) is 4.52. The minimum absolute atomic E-state index is 0.118. The van der Waals surface area contributed by atoms with Gasteiger partial charge in [0.2, 0.25) is 5.82 Å². The molecular weight excluding hydrogens is 334 g/mol. The number of H-pyrrole nitrogens is 1. The molecule has 26 heavy (non-hydrogen) atoms. The summed E-state index contributed by atoms with van der Waals surface area (Å²) in [5.74, 6) is 0.0779.